The van der Waals surface area contributed by atoms with E-state index in [0.29, 0.717) is 12.1 Å². The summed E-state index contributed by atoms with van der Waals surface area (Å²) in [5, 5.41) is 3.61. The van der Waals surface area contributed by atoms with Crippen LogP contribution in [0.25, 0.3) is 0 Å². The first-order chi connectivity index (χ1) is 8.49. The van der Waals surface area contributed by atoms with Crippen LogP contribution >= 0.6 is 0 Å². The molecule has 0 saturated carbocycles. The van der Waals surface area contributed by atoms with Gasteiger partial charge in [0, 0.05) is 18.6 Å². The van der Waals surface area contributed by atoms with E-state index in [1.807, 2.05) is 0 Å². The monoisotopic (exact) mass is 248 g/mol. The molecule has 0 aromatic heterocycles. The SMILES string of the molecule is Cc1cccc(CCC(C)NCC(C)N(C)C)c1. The summed E-state index contributed by atoms with van der Waals surface area (Å²) >= 11 is 0. The van der Waals surface area contributed by atoms with Gasteiger partial charge in [-0.3, -0.25) is 0 Å². The first-order valence-corrected chi connectivity index (χ1v) is 6.94. The lowest BCUT2D eigenvalue weighted by molar-refractivity contribution is 0.293. The largest absolute Gasteiger partial charge is 0.313 e. The van der Waals surface area contributed by atoms with Gasteiger partial charge in [0.1, 0.15) is 0 Å². The van der Waals surface area contributed by atoms with E-state index in [2.05, 4.69) is 69.3 Å². The Balaban J connectivity index is 2.27. The molecule has 0 spiro atoms. The molecule has 102 valence electrons. The van der Waals surface area contributed by atoms with E-state index in [0.717, 1.165) is 13.0 Å². The van der Waals surface area contributed by atoms with Crippen molar-refractivity contribution in [1.29, 1.82) is 0 Å². The summed E-state index contributed by atoms with van der Waals surface area (Å²) in [4.78, 5) is 2.25. The Morgan fingerprint density at radius 3 is 2.56 bits per heavy atom. The van der Waals surface area contributed by atoms with Crippen LogP contribution in [-0.2, 0) is 6.42 Å². The fraction of sp³-hybridized carbons (Fsp3) is 0.625. The third kappa shape index (κ3) is 5.65. The van der Waals surface area contributed by atoms with Crippen LogP contribution in [-0.4, -0.2) is 37.6 Å². The molecule has 2 heteroatoms. The molecule has 0 heterocycles. The Bertz CT molecular complexity index is 347. The van der Waals surface area contributed by atoms with Crippen LogP contribution in [0.15, 0.2) is 24.3 Å². The molecule has 0 saturated heterocycles. The number of aryl methyl sites for hydroxylation is 2. The summed E-state index contributed by atoms with van der Waals surface area (Å²) in [6.45, 7) is 7.74. The van der Waals surface area contributed by atoms with Gasteiger partial charge in [0.2, 0.25) is 0 Å². The highest BCUT2D eigenvalue weighted by atomic mass is 15.1. The molecule has 0 aliphatic carbocycles. The van der Waals surface area contributed by atoms with E-state index in [1.165, 1.54) is 17.5 Å². The number of hydrogen-bond acceptors (Lipinski definition) is 2. The van der Waals surface area contributed by atoms with E-state index >= 15 is 0 Å². The van der Waals surface area contributed by atoms with Crippen LogP contribution in [0.3, 0.4) is 0 Å². The van der Waals surface area contributed by atoms with Crippen LogP contribution < -0.4 is 5.32 Å². The average molecular weight is 248 g/mol. The van der Waals surface area contributed by atoms with Crippen LogP contribution in [0.4, 0.5) is 0 Å². The van der Waals surface area contributed by atoms with Crippen molar-refractivity contribution in [2.75, 3.05) is 20.6 Å². The third-order valence-electron chi connectivity index (χ3n) is 3.59. The Morgan fingerprint density at radius 1 is 1.22 bits per heavy atom. The summed E-state index contributed by atoms with van der Waals surface area (Å²) in [6.07, 6.45) is 2.36. The van der Waals surface area contributed by atoms with Crippen LogP contribution in [0.1, 0.15) is 31.4 Å². The molecule has 2 atom stereocenters. The van der Waals surface area contributed by atoms with Gasteiger partial charge < -0.3 is 10.2 Å². The molecular formula is C16H28N2. The minimum absolute atomic E-state index is 0.577. The van der Waals surface area contributed by atoms with Crippen LogP contribution in [0.2, 0.25) is 0 Å². The first kappa shape index (κ1) is 15.2. The summed E-state index contributed by atoms with van der Waals surface area (Å²) in [6, 6.07) is 9.98. The molecule has 1 N–H and O–H groups in total. The molecule has 0 amide bonds. The summed E-state index contributed by atoms with van der Waals surface area (Å²) in [7, 11) is 4.26. The van der Waals surface area contributed by atoms with E-state index in [1.54, 1.807) is 0 Å². The molecule has 0 bridgehead atoms. The molecule has 0 aliphatic heterocycles. The number of nitrogens with zero attached hydrogens (tertiary/aromatic N) is 1. The first-order valence-electron chi connectivity index (χ1n) is 6.94. The topological polar surface area (TPSA) is 15.3 Å². The zero-order chi connectivity index (χ0) is 13.5. The minimum atomic E-state index is 0.577. The second-order valence-corrected chi connectivity index (χ2v) is 5.65. The van der Waals surface area contributed by atoms with Crippen molar-refractivity contribution in [3.8, 4) is 0 Å². The van der Waals surface area contributed by atoms with Crippen molar-refractivity contribution >= 4 is 0 Å². The van der Waals surface area contributed by atoms with Crippen molar-refractivity contribution in [3.05, 3.63) is 35.4 Å². The Morgan fingerprint density at radius 2 is 1.94 bits per heavy atom. The molecule has 2 nitrogen and oxygen atoms in total. The molecular weight excluding hydrogens is 220 g/mol. The van der Waals surface area contributed by atoms with Gasteiger partial charge in [-0.2, -0.15) is 0 Å². The van der Waals surface area contributed by atoms with Crippen molar-refractivity contribution in [3.63, 3.8) is 0 Å². The molecule has 18 heavy (non-hydrogen) atoms. The van der Waals surface area contributed by atoms with E-state index < -0.39 is 0 Å². The molecule has 0 fully saturated rings. The lowest BCUT2D eigenvalue weighted by Gasteiger charge is -2.22. The molecule has 1 aromatic rings. The standard InChI is InChI=1S/C16H28N2/c1-13-7-6-8-16(11-13)10-9-14(2)17-12-15(3)18(4)5/h6-8,11,14-15,17H,9-10,12H2,1-5H3. The molecule has 2 unspecified atom stereocenters. The highest BCUT2D eigenvalue weighted by Gasteiger charge is 2.07. The number of nitrogens with one attached hydrogen (secondary N) is 1. The lowest BCUT2D eigenvalue weighted by Crippen LogP contribution is -2.39. The van der Waals surface area contributed by atoms with Crippen molar-refractivity contribution in [1.82, 2.24) is 10.2 Å². The number of rotatable bonds is 7. The second-order valence-electron chi connectivity index (χ2n) is 5.65. The number of likely N-dealkylation sites (N-methyl/N-ethyl adjacent to an activating group) is 1. The van der Waals surface area contributed by atoms with Crippen molar-refractivity contribution < 1.29 is 0 Å². The zero-order valence-electron chi connectivity index (χ0n) is 12.5. The van der Waals surface area contributed by atoms with Gasteiger partial charge in [0.25, 0.3) is 0 Å². The van der Waals surface area contributed by atoms with E-state index in [4.69, 9.17) is 0 Å². The highest BCUT2D eigenvalue weighted by Crippen LogP contribution is 2.08. The maximum atomic E-state index is 3.61. The fourth-order valence-corrected chi connectivity index (χ4v) is 1.91. The Kier molecular flexibility index (Phi) is 6.37. The third-order valence-corrected chi connectivity index (χ3v) is 3.59. The maximum Gasteiger partial charge on any atom is 0.0186 e. The predicted molar refractivity (Wildman–Crippen MR) is 80.1 cm³/mol. The number of hydrogen-bond donors (Lipinski definition) is 1. The summed E-state index contributed by atoms with van der Waals surface area (Å²) < 4.78 is 0. The minimum Gasteiger partial charge on any atom is -0.313 e. The van der Waals surface area contributed by atoms with Gasteiger partial charge >= 0.3 is 0 Å². The fourth-order valence-electron chi connectivity index (χ4n) is 1.91. The van der Waals surface area contributed by atoms with E-state index in [9.17, 15) is 0 Å². The zero-order valence-corrected chi connectivity index (χ0v) is 12.5. The second kappa shape index (κ2) is 7.55. The van der Waals surface area contributed by atoms with E-state index in [-0.39, 0.29) is 0 Å². The van der Waals surface area contributed by atoms with Gasteiger partial charge in [-0.15, -0.1) is 0 Å². The predicted octanol–water partition coefficient (Wildman–Crippen LogP) is 2.86. The van der Waals surface area contributed by atoms with Crippen LogP contribution in [0.5, 0.6) is 0 Å². The Hall–Kier alpha value is -0.860. The normalized spacial score (nSPS) is 14.8. The van der Waals surface area contributed by atoms with Gasteiger partial charge in [-0.25, -0.2) is 0 Å². The smallest absolute Gasteiger partial charge is 0.0186 e. The van der Waals surface area contributed by atoms with Gasteiger partial charge in [-0.05, 0) is 53.3 Å². The molecule has 0 aliphatic rings. The molecule has 1 rings (SSSR count). The highest BCUT2D eigenvalue weighted by molar-refractivity contribution is 5.22. The maximum absolute atomic E-state index is 3.61. The number of benzene rings is 1. The van der Waals surface area contributed by atoms with Gasteiger partial charge in [0.15, 0.2) is 0 Å². The molecule has 1 aromatic carbocycles. The quantitative estimate of drug-likeness (QED) is 0.798. The van der Waals surface area contributed by atoms with Crippen LogP contribution in [0, 0.1) is 6.92 Å². The van der Waals surface area contributed by atoms with Gasteiger partial charge in [-0.1, -0.05) is 29.8 Å². The average Bonchev–Trinajstić information content (AvgIpc) is 2.33. The van der Waals surface area contributed by atoms with Crippen molar-refractivity contribution in [2.45, 2.75) is 45.7 Å². The Labute approximate surface area is 112 Å². The summed E-state index contributed by atoms with van der Waals surface area (Å²) in [5.74, 6) is 0. The van der Waals surface area contributed by atoms with Gasteiger partial charge in [0.05, 0.1) is 0 Å². The lowest BCUT2D eigenvalue weighted by atomic mass is 10.0. The summed E-state index contributed by atoms with van der Waals surface area (Å²) in [5.41, 5.74) is 2.80. The molecule has 0 radical (unpaired) electrons. The van der Waals surface area contributed by atoms with Crippen molar-refractivity contribution in [2.24, 2.45) is 0 Å².